The number of rotatable bonds is 4. The molecule has 0 radical (unpaired) electrons. The van der Waals surface area contributed by atoms with Crippen molar-refractivity contribution in [2.24, 2.45) is 0 Å². The fourth-order valence-corrected chi connectivity index (χ4v) is 3.07. The van der Waals surface area contributed by atoms with E-state index in [-0.39, 0.29) is 5.56 Å². The Hall–Kier alpha value is -2.64. The quantitative estimate of drug-likeness (QED) is 0.527. The number of anilines is 1. The molecule has 0 aliphatic carbocycles. The van der Waals surface area contributed by atoms with Gasteiger partial charge in [0.05, 0.1) is 11.3 Å². The maximum Gasteiger partial charge on any atom is 0.416 e. The zero-order valence-corrected chi connectivity index (χ0v) is 15.2. The summed E-state index contributed by atoms with van der Waals surface area (Å²) in [4.78, 5) is 16.3. The van der Waals surface area contributed by atoms with Gasteiger partial charge in [-0.3, -0.25) is 10.1 Å². The molecule has 3 aromatic rings. The van der Waals surface area contributed by atoms with Crippen molar-refractivity contribution in [1.82, 2.24) is 4.98 Å². The molecule has 0 aliphatic rings. The van der Waals surface area contributed by atoms with E-state index in [0.717, 1.165) is 17.7 Å². The van der Waals surface area contributed by atoms with Crippen LogP contribution < -0.4 is 5.32 Å². The summed E-state index contributed by atoms with van der Waals surface area (Å²) in [6.07, 6.45) is -1.94. The first-order chi connectivity index (χ1) is 12.8. The molecule has 0 saturated carbocycles. The van der Waals surface area contributed by atoms with E-state index >= 15 is 0 Å². The van der Waals surface area contributed by atoms with Gasteiger partial charge in [0.25, 0.3) is 0 Å². The average molecular weight is 409 g/mol. The lowest BCUT2D eigenvalue weighted by Crippen LogP contribution is -2.07. The molecule has 0 bridgehead atoms. The SMILES string of the molecule is O=C(/C=C/c1cccc(C(F)(F)F)c1)Nc1nc(-c2ccc(Cl)cc2)cs1. The predicted octanol–water partition coefficient (Wildman–Crippen LogP) is 6.13. The second kappa shape index (κ2) is 7.94. The number of thiazole rings is 1. The van der Waals surface area contributed by atoms with Crippen LogP contribution in [0.4, 0.5) is 18.3 Å². The highest BCUT2D eigenvalue weighted by molar-refractivity contribution is 7.14. The van der Waals surface area contributed by atoms with Gasteiger partial charge in [-0.2, -0.15) is 13.2 Å². The molecule has 1 heterocycles. The van der Waals surface area contributed by atoms with Crippen molar-refractivity contribution in [3.63, 3.8) is 0 Å². The third-order valence-corrected chi connectivity index (χ3v) is 4.53. The zero-order valence-electron chi connectivity index (χ0n) is 13.6. The van der Waals surface area contributed by atoms with Crippen molar-refractivity contribution in [2.75, 3.05) is 5.32 Å². The number of amides is 1. The van der Waals surface area contributed by atoms with Gasteiger partial charge in [-0.25, -0.2) is 4.98 Å². The summed E-state index contributed by atoms with van der Waals surface area (Å²) in [7, 11) is 0. The smallest absolute Gasteiger partial charge is 0.298 e. The number of aromatic nitrogens is 1. The van der Waals surface area contributed by atoms with E-state index in [4.69, 9.17) is 11.6 Å². The second-order valence-electron chi connectivity index (χ2n) is 5.49. The molecule has 1 amide bonds. The van der Waals surface area contributed by atoms with Gasteiger partial charge in [0.1, 0.15) is 0 Å². The first-order valence-electron chi connectivity index (χ1n) is 7.69. The standard InChI is InChI=1S/C19H12ClF3N2OS/c20-15-7-5-13(6-8-15)16-11-27-18(24-16)25-17(26)9-4-12-2-1-3-14(10-12)19(21,22)23/h1-11H,(H,24,25,26)/b9-4+. The number of nitrogens with zero attached hydrogens (tertiary/aromatic N) is 1. The molecular formula is C19H12ClF3N2OS. The van der Waals surface area contributed by atoms with E-state index in [1.165, 1.54) is 35.6 Å². The highest BCUT2D eigenvalue weighted by Crippen LogP contribution is 2.30. The number of nitrogens with one attached hydrogen (secondary N) is 1. The van der Waals surface area contributed by atoms with E-state index in [2.05, 4.69) is 10.3 Å². The fourth-order valence-electron chi connectivity index (χ4n) is 2.22. The van der Waals surface area contributed by atoms with E-state index in [1.54, 1.807) is 17.5 Å². The topological polar surface area (TPSA) is 42.0 Å². The summed E-state index contributed by atoms with van der Waals surface area (Å²) >= 11 is 7.09. The molecule has 0 fully saturated rings. The summed E-state index contributed by atoms with van der Waals surface area (Å²) in [6, 6.07) is 11.9. The van der Waals surface area contributed by atoms with E-state index in [9.17, 15) is 18.0 Å². The Morgan fingerprint density at radius 1 is 1.15 bits per heavy atom. The lowest BCUT2D eigenvalue weighted by atomic mass is 10.1. The first kappa shape index (κ1) is 19.1. The molecule has 0 unspecified atom stereocenters. The Labute approximate surface area is 162 Å². The number of carbonyl (C=O) groups excluding carboxylic acids is 1. The lowest BCUT2D eigenvalue weighted by Gasteiger charge is -2.06. The zero-order chi connectivity index (χ0) is 19.4. The average Bonchev–Trinajstić information content (AvgIpc) is 3.08. The molecule has 1 aromatic heterocycles. The molecule has 0 saturated heterocycles. The number of halogens is 4. The van der Waals surface area contributed by atoms with Gasteiger partial charge < -0.3 is 0 Å². The largest absolute Gasteiger partial charge is 0.416 e. The summed E-state index contributed by atoms with van der Waals surface area (Å²) < 4.78 is 38.1. The highest BCUT2D eigenvalue weighted by atomic mass is 35.5. The van der Waals surface area contributed by atoms with Crippen LogP contribution >= 0.6 is 22.9 Å². The molecule has 0 aliphatic heterocycles. The molecule has 3 rings (SSSR count). The van der Waals surface area contributed by atoms with Crippen LogP contribution in [-0.2, 0) is 11.0 Å². The molecule has 138 valence electrons. The maximum absolute atomic E-state index is 12.7. The van der Waals surface area contributed by atoms with Crippen LogP contribution in [0, 0.1) is 0 Å². The number of carbonyl (C=O) groups is 1. The van der Waals surface area contributed by atoms with Crippen LogP contribution in [-0.4, -0.2) is 10.9 Å². The number of benzene rings is 2. The second-order valence-corrected chi connectivity index (χ2v) is 6.79. The van der Waals surface area contributed by atoms with Crippen LogP contribution in [0.3, 0.4) is 0 Å². The minimum absolute atomic E-state index is 0.279. The number of hydrogen-bond acceptors (Lipinski definition) is 3. The Kier molecular flexibility index (Phi) is 5.62. The molecule has 8 heteroatoms. The van der Waals surface area contributed by atoms with Crippen LogP contribution in [0.1, 0.15) is 11.1 Å². The van der Waals surface area contributed by atoms with Gasteiger partial charge in [0.15, 0.2) is 5.13 Å². The summed E-state index contributed by atoms with van der Waals surface area (Å²) in [6.45, 7) is 0. The van der Waals surface area contributed by atoms with Crippen LogP contribution in [0.25, 0.3) is 17.3 Å². The Morgan fingerprint density at radius 3 is 2.59 bits per heavy atom. The lowest BCUT2D eigenvalue weighted by molar-refractivity contribution is -0.137. The van der Waals surface area contributed by atoms with E-state index in [0.29, 0.717) is 15.8 Å². The Morgan fingerprint density at radius 2 is 1.89 bits per heavy atom. The monoisotopic (exact) mass is 408 g/mol. The maximum atomic E-state index is 12.7. The molecule has 2 aromatic carbocycles. The van der Waals surface area contributed by atoms with Crippen LogP contribution in [0.2, 0.25) is 5.02 Å². The Balaban J connectivity index is 1.66. The van der Waals surface area contributed by atoms with Gasteiger partial charge in [-0.05, 0) is 35.9 Å². The van der Waals surface area contributed by atoms with Crippen molar-refractivity contribution in [2.45, 2.75) is 6.18 Å². The molecule has 0 atom stereocenters. The molecule has 1 N–H and O–H groups in total. The molecule has 27 heavy (non-hydrogen) atoms. The van der Waals surface area contributed by atoms with Crippen molar-refractivity contribution in [3.05, 3.63) is 76.1 Å². The predicted molar refractivity (Wildman–Crippen MR) is 102 cm³/mol. The highest BCUT2D eigenvalue weighted by Gasteiger charge is 2.30. The van der Waals surface area contributed by atoms with E-state index in [1.807, 2.05) is 12.1 Å². The Bertz CT molecular complexity index is 981. The summed E-state index contributed by atoms with van der Waals surface area (Å²) in [5, 5.41) is 5.38. The van der Waals surface area contributed by atoms with Crippen molar-refractivity contribution < 1.29 is 18.0 Å². The van der Waals surface area contributed by atoms with Crippen molar-refractivity contribution >= 4 is 40.1 Å². The van der Waals surface area contributed by atoms with Crippen LogP contribution in [0.5, 0.6) is 0 Å². The minimum atomic E-state index is -4.43. The summed E-state index contributed by atoms with van der Waals surface area (Å²) in [5.41, 5.74) is 1.06. The fraction of sp³-hybridized carbons (Fsp3) is 0.0526. The van der Waals surface area contributed by atoms with Crippen LogP contribution in [0.15, 0.2) is 60.0 Å². The van der Waals surface area contributed by atoms with Crippen molar-refractivity contribution in [1.29, 1.82) is 0 Å². The molecule has 3 nitrogen and oxygen atoms in total. The minimum Gasteiger partial charge on any atom is -0.298 e. The first-order valence-corrected chi connectivity index (χ1v) is 8.95. The number of hydrogen-bond donors (Lipinski definition) is 1. The molecule has 0 spiro atoms. The third-order valence-electron chi connectivity index (χ3n) is 3.52. The van der Waals surface area contributed by atoms with Gasteiger partial charge in [0, 0.05) is 22.0 Å². The van der Waals surface area contributed by atoms with Gasteiger partial charge in [-0.1, -0.05) is 35.9 Å². The van der Waals surface area contributed by atoms with E-state index < -0.39 is 17.6 Å². The normalized spacial score (nSPS) is 11.7. The van der Waals surface area contributed by atoms with Gasteiger partial charge >= 0.3 is 6.18 Å². The molecular weight excluding hydrogens is 397 g/mol. The van der Waals surface area contributed by atoms with Gasteiger partial charge in [0.2, 0.25) is 5.91 Å². The van der Waals surface area contributed by atoms with Gasteiger partial charge in [-0.15, -0.1) is 11.3 Å². The number of alkyl halides is 3. The van der Waals surface area contributed by atoms with Crippen molar-refractivity contribution in [3.8, 4) is 11.3 Å². The summed E-state index contributed by atoms with van der Waals surface area (Å²) in [5.74, 6) is -0.482. The third kappa shape index (κ3) is 5.18.